The van der Waals surface area contributed by atoms with Gasteiger partial charge in [0.05, 0.1) is 5.75 Å². The molecule has 1 aromatic rings. The van der Waals surface area contributed by atoms with E-state index in [1.54, 1.807) is 6.07 Å². The standard InChI is InChI=1S/C16H27N5O3S/c1-4-5-10-25(23,24)21-8-6-13(7-9-21)16(22)19-14-11-15(20(2)3)18-12-17-14/h11-13H,4-10H2,1-3H3,(H,17,18,19,22). The number of piperidine rings is 1. The van der Waals surface area contributed by atoms with Gasteiger partial charge < -0.3 is 10.2 Å². The number of nitrogens with one attached hydrogen (secondary N) is 1. The van der Waals surface area contributed by atoms with Crippen LogP contribution in [-0.4, -0.2) is 61.5 Å². The number of carbonyl (C=O) groups is 1. The third kappa shape index (κ3) is 5.37. The third-order valence-corrected chi connectivity index (χ3v) is 6.29. The SMILES string of the molecule is CCCCS(=O)(=O)N1CCC(C(=O)Nc2cc(N(C)C)ncn2)CC1. The lowest BCUT2D eigenvalue weighted by Crippen LogP contribution is -2.42. The Morgan fingerprint density at radius 2 is 2.00 bits per heavy atom. The summed E-state index contributed by atoms with van der Waals surface area (Å²) in [7, 11) is 0.534. The van der Waals surface area contributed by atoms with Crippen LogP contribution in [0.5, 0.6) is 0 Å². The topological polar surface area (TPSA) is 95.5 Å². The van der Waals surface area contributed by atoms with E-state index in [0.29, 0.717) is 44.0 Å². The van der Waals surface area contributed by atoms with Gasteiger partial charge in [-0.1, -0.05) is 13.3 Å². The van der Waals surface area contributed by atoms with Crippen LogP contribution in [-0.2, 0) is 14.8 Å². The van der Waals surface area contributed by atoms with E-state index in [-0.39, 0.29) is 17.6 Å². The van der Waals surface area contributed by atoms with Gasteiger partial charge >= 0.3 is 0 Å². The zero-order valence-corrected chi connectivity index (χ0v) is 15.9. The second-order valence-corrected chi connectivity index (χ2v) is 8.58. The summed E-state index contributed by atoms with van der Waals surface area (Å²) < 4.78 is 25.9. The lowest BCUT2D eigenvalue weighted by molar-refractivity contribution is -0.120. The number of amides is 1. The van der Waals surface area contributed by atoms with Crippen molar-refractivity contribution in [2.45, 2.75) is 32.6 Å². The quantitative estimate of drug-likeness (QED) is 0.779. The lowest BCUT2D eigenvalue weighted by atomic mass is 9.97. The van der Waals surface area contributed by atoms with E-state index >= 15 is 0 Å². The minimum atomic E-state index is -3.19. The van der Waals surface area contributed by atoms with Gasteiger partial charge in [-0.2, -0.15) is 0 Å². The Balaban J connectivity index is 1.90. The second-order valence-electron chi connectivity index (χ2n) is 6.49. The zero-order chi connectivity index (χ0) is 18.4. The Bertz CT molecular complexity index is 685. The minimum absolute atomic E-state index is 0.117. The number of hydrogen-bond donors (Lipinski definition) is 1. The molecule has 1 fully saturated rings. The summed E-state index contributed by atoms with van der Waals surface area (Å²) >= 11 is 0. The van der Waals surface area contributed by atoms with Crippen molar-refractivity contribution in [1.82, 2.24) is 14.3 Å². The van der Waals surface area contributed by atoms with Gasteiger partial charge in [-0.05, 0) is 19.3 Å². The molecule has 0 spiro atoms. The van der Waals surface area contributed by atoms with E-state index in [2.05, 4.69) is 15.3 Å². The molecule has 1 N–H and O–H groups in total. The molecule has 0 aliphatic carbocycles. The van der Waals surface area contributed by atoms with Gasteiger partial charge in [0.25, 0.3) is 0 Å². The summed E-state index contributed by atoms with van der Waals surface area (Å²) in [4.78, 5) is 22.4. The first-order valence-corrected chi connectivity index (χ1v) is 10.2. The van der Waals surface area contributed by atoms with Crippen LogP contribution in [0.1, 0.15) is 32.6 Å². The van der Waals surface area contributed by atoms with Crippen molar-refractivity contribution < 1.29 is 13.2 Å². The van der Waals surface area contributed by atoms with Crippen LogP contribution in [0.3, 0.4) is 0 Å². The molecule has 0 aromatic carbocycles. The van der Waals surface area contributed by atoms with E-state index in [1.165, 1.54) is 10.6 Å². The molecular formula is C16H27N5O3S. The highest BCUT2D eigenvalue weighted by Gasteiger charge is 2.30. The number of anilines is 2. The van der Waals surface area contributed by atoms with Crippen LogP contribution in [0.4, 0.5) is 11.6 Å². The van der Waals surface area contributed by atoms with Gasteiger partial charge in [-0.3, -0.25) is 4.79 Å². The summed E-state index contributed by atoms with van der Waals surface area (Å²) in [6.07, 6.45) is 4.00. The first-order chi connectivity index (χ1) is 11.8. The molecule has 1 aliphatic heterocycles. The van der Waals surface area contributed by atoms with E-state index in [9.17, 15) is 13.2 Å². The van der Waals surface area contributed by atoms with Crippen molar-refractivity contribution in [3.63, 3.8) is 0 Å². The number of sulfonamides is 1. The van der Waals surface area contributed by atoms with Crippen LogP contribution in [0, 0.1) is 5.92 Å². The van der Waals surface area contributed by atoms with Gasteiger partial charge in [-0.25, -0.2) is 22.7 Å². The van der Waals surface area contributed by atoms with E-state index in [4.69, 9.17) is 0 Å². The molecular weight excluding hydrogens is 342 g/mol. The Kier molecular flexibility index (Phi) is 6.71. The number of aromatic nitrogens is 2. The Morgan fingerprint density at radius 3 is 2.60 bits per heavy atom. The van der Waals surface area contributed by atoms with Gasteiger partial charge in [0, 0.05) is 39.2 Å². The van der Waals surface area contributed by atoms with Crippen molar-refractivity contribution in [2.75, 3.05) is 43.2 Å². The molecule has 0 bridgehead atoms. The molecule has 1 saturated heterocycles. The maximum atomic E-state index is 12.4. The zero-order valence-electron chi connectivity index (χ0n) is 15.1. The number of hydrogen-bond acceptors (Lipinski definition) is 6. The molecule has 0 unspecified atom stereocenters. The predicted octanol–water partition coefficient (Wildman–Crippen LogP) is 1.32. The Morgan fingerprint density at radius 1 is 1.32 bits per heavy atom. The summed E-state index contributed by atoms with van der Waals surface area (Å²) in [5.41, 5.74) is 0. The van der Waals surface area contributed by atoms with Gasteiger partial charge in [-0.15, -0.1) is 0 Å². The van der Waals surface area contributed by atoms with Crippen LogP contribution >= 0.6 is 0 Å². The Labute approximate surface area is 149 Å². The largest absolute Gasteiger partial charge is 0.363 e. The van der Waals surface area contributed by atoms with E-state index in [0.717, 1.165) is 6.42 Å². The molecule has 0 atom stereocenters. The summed E-state index contributed by atoms with van der Waals surface area (Å²) in [6.45, 7) is 2.77. The third-order valence-electron chi connectivity index (χ3n) is 4.34. The van der Waals surface area contributed by atoms with Crippen LogP contribution in [0.15, 0.2) is 12.4 Å². The average molecular weight is 369 g/mol. The summed E-state index contributed by atoms with van der Waals surface area (Å²) in [6, 6.07) is 1.71. The van der Waals surface area contributed by atoms with Crippen LogP contribution < -0.4 is 10.2 Å². The smallest absolute Gasteiger partial charge is 0.228 e. The second kappa shape index (κ2) is 8.57. The Hall–Kier alpha value is -1.74. The number of unbranched alkanes of at least 4 members (excludes halogenated alkanes) is 1. The summed E-state index contributed by atoms with van der Waals surface area (Å²) in [5.74, 6) is 1.04. The molecule has 1 aromatic heterocycles. The molecule has 1 amide bonds. The predicted molar refractivity (Wildman–Crippen MR) is 98.0 cm³/mol. The molecule has 9 heteroatoms. The van der Waals surface area contributed by atoms with Crippen molar-refractivity contribution in [3.8, 4) is 0 Å². The first-order valence-electron chi connectivity index (χ1n) is 8.61. The van der Waals surface area contributed by atoms with Crippen molar-refractivity contribution in [1.29, 1.82) is 0 Å². The van der Waals surface area contributed by atoms with Gasteiger partial charge in [0.1, 0.15) is 18.0 Å². The van der Waals surface area contributed by atoms with Crippen molar-refractivity contribution >= 4 is 27.6 Å². The van der Waals surface area contributed by atoms with Crippen molar-refractivity contribution in [2.24, 2.45) is 5.92 Å². The van der Waals surface area contributed by atoms with E-state index < -0.39 is 10.0 Å². The molecule has 140 valence electrons. The highest BCUT2D eigenvalue weighted by Crippen LogP contribution is 2.22. The molecule has 25 heavy (non-hydrogen) atoms. The first kappa shape index (κ1) is 19.6. The maximum Gasteiger partial charge on any atom is 0.228 e. The van der Waals surface area contributed by atoms with Gasteiger partial charge in [0.15, 0.2) is 0 Å². The van der Waals surface area contributed by atoms with Gasteiger partial charge in [0.2, 0.25) is 15.9 Å². The molecule has 2 rings (SSSR count). The fraction of sp³-hybridized carbons (Fsp3) is 0.688. The molecule has 0 saturated carbocycles. The minimum Gasteiger partial charge on any atom is -0.363 e. The van der Waals surface area contributed by atoms with E-state index in [1.807, 2.05) is 25.9 Å². The fourth-order valence-corrected chi connectivity index (χ4v) is 4.42. The number of nitrogens with zero attached hydrogens (tertiary/aromatic N) is 4. The number of rotatable bonds is 7. The molecule has 1 aliphatic rings. The maximum absolute atomic E-state index is 12.4. The summed E-state index contributed by atoms with van der Waals surface area (Å²) in [5, 5.41) is 2.81. The van der Waals surface area contributed by atoms with Crippen molar-refractivity contribution in [3.05, 3.63) is 12.4 Å². The molecule has 2 heterocycles. The molecule has 0 radical (unpaired) electrons. The highest BCUT2D eigenvalue weighted by molar-refractivity contribution is 7.89. The monoisotopic (exact) mass is 369 g/mol. The number of carbonyl (C=O) groups excluding carboxylic acids is 1. The highest BCUT2D eigenvalue weighted by atomic mass is 32.2. The van der Waals surface area contributed by atoms with Crippen LogP contribution in [0.2, 0.25) is 0 Å². The molecule has 8 nitrogen and oxygen atoms in total. The normalized spacial score (nSPS) is 16.6. The average Bonchev–Trinajstić information content (AvgIpc) is 2.60. The lowest BCUT2D eigenvalue weighted by Gasteiger charge is -2.30. The van der Waals surface area contributed by atoms with Crippen LogP contribution in [0.25, 0.3) is 0 Å². The fourth-order valence-electron chi connectivity index (χ4n) is 2.74.